The molecule has 0 saturated heterocycles. The molecule has 0 spiro atoms. The molecule has 3 rings (SSSR count). The average molecular weight is 370 g/mol. The smallest absolute Gasteiger partial charge is 0.268 e. The Morgan fingerprint density at radius 2 is 1.58 bits per heavy atom. The van der Waals surface area contributed by atoms with E-state index in [1.54, 1.807) is 44.2 Å². The Hall–Kier alpha value is -2.93. The summed E-state index contributed by atoms with van der Waals surface area (Å²) in [5.41, 5.74) is 1.87. The monoisotopic (exact) mass is 370 g/mol. The molecule has 134 valence electrons. The van der Waals surface area contributed by atoms with Gasteiger partial charge in [0.25, 0.3) is 15.9 Å². The van der Waals surface area contributed by atoms with Crippen LogP contribution in [0.25, 0.3) is 0 Å². The van der Waals surface area contributed by atoms with E-state index in [2.05, 4.69) is 0 Å². The topological polar surface area (TPSA) is 78.1 Å². The highest BCUT2D eigenvalue weighted by molar-refractivity contribution is 7.90. The van der Waals surface area contributed by atoms with Crippen molar-refractivity contribution in [3.05, 3.63) is 87.6 Å². The molecule has 0 aliphatic heterocycles. The summed E-state index contributed by atoms with van der Waals surface area (Å²) in [5.74, 6) is -0.567. The van der Waals surface area contributed by atoms with Gasteiger partial charge < -0.3 is 0 Å². The van der Waals surface area contributed by atoms with Crippen LogP contribution in [0.5, 0.6) is 0 Å². The largest absolute Gasteiger partial charge is 0.349 e. The second-order valence-corrected chi connectivity index (χ2v) is 7.93. The molecule has 0 fully saturated rings. The van der Waals surface area contributed by atoms with Crippen LogP contribution in [0, 0.1) is 20.8 Å². The molecule has 7 heteroatoms. The van der Waals surface area contributed by atoms with Crippen molar-refractivity contribution < 1.29 is 13.2 Å². The zero-order valence-corrected chi connectivity index (χ0v) is 15.4. The number of carbonyl (C=O) groups is 1. The van der Waals surface area contributed by atoms with Gasteiger partial charge in [-0.1, -0.05) is 24.3 Å². The van der Waals surface area contributed by atoms with Crippen LogP contribution in [-0.2, 0) is 10.0 Å². The Bertz CT molecular complexity index is 1170. The Kier molecular flexibility index (Phi) is 4.41. The van der Waals surface area contributed by atoms with E-state index in [0.29, 0.717) is 15.1 Å². The molecule has 0 saturated carbocycles. The van der Waals surface area contributed by atoms with E-state index in [1.807, 2.05) is 6.92 Å². The standard InChI is InChI=1S/C19H18N2O4S/c1-13-8-9-16(12-15(13)3)26(24,25)21-11-10-20(19(21)23)18(22)17-7-5-4-6-14(17)2/h4-12H,1-3H3. The third-order valence-electron chi connectivity index (χ3n) is 4.38. The minimum Gasteiger partial charge on any atom is -0.268 e. The van der Waals surface area contributed by atoms with Gasteiger partial charge in [0, 0.05) is 18.0 Å². The van der Waals surface area contributed by atoms with Gasteiger partial charge in [0.15, 0.2) is 0 Å². The number of imidazole rings is 1. The third kappa shape index (κ3) is 2.90. The maximum atomic E-state index is 12.8. The van der Waals surface area contributed by atoms with E-state index >= 15 is 0 Å². The van der Waals surface area contributed by atoms with Crippen LogP contribution >= 0.6 is 0 Å². The second kappa shape index (κ2) is 6.42. The minimum atomic E-state index is -4.08. The summed E-state index contributed by atoms with van der Waals surface area (Å²) in [6, 6.07) is 11.5. The molecule has 0 radical (unpaired) electrons. The Labute approximate surface area is 151 Å². The van der Waals surface area contributed by atoms with Crippen molar-refractivity contribution in [2.24, 2.45) is 0 Å². The molecule has 0 N–H and O–H groups in total. The van der Waals surface area contributed by atoms with Crippen LogP contribution in [0.4, 0.5) is 0 Å². The van der Waals surface area contributed by atoms with Gasteiger partial charge in [-0.15, -0.1) is 0 Å². The fraction of sp³-hybridized carbons (Fsp3) is 0.158. The first-order valence-corrected chi connectivity index (χ1v) is 9.40. The van der Waals surface area contributed by atoms with Gasteiger partial charge in [0.05, 0.1) is 4.90 Å². The molecule has 0 bridgehead atoms. The maximum Gasteiger partial charge on any atom is 0.349 e. The number of benzene rings is 2. The molecule has 26 heavy (non-hydrogen) atoms. The van der Waals surface area contributed by atoms with Gasteiger partial charge in [-0.2, -0.15) is 3.97 Å². The zero-order chi connectivity index (χ0) is 19.1. The van der Waals surface area contributed by atoms with Crippen LogP contribution in [-0.4, -0.2) is 22.9 Å². The third-order valence-corrected chi connectivity index (χ3v) is 6.02. The molecule has 6 nitrogen and oxygen atoms in total. The van der Waals surface area contributed by atoms with Gasteiger partial charge in [-0.3, -0.25) is 4.79 Å². The van der Waals surface area contributed by atoms with E-state index < -0.39 is 21.6 Å². The van der Waals surface area contributed by atoms with Crippen molar-refractivity contribution in [3.8, 4) is 0 Å². The van der Waals surface area contributed by atoms with Gasteiger partial charge >= 0.3 is 5.69 Å². The van der Waals surface area contributed by atoms with Crippen molar-refractivity contribution >= 4 is 15.9 Å². The molecular formula is C19H18N2O4S. The second-order valence-electron chi connectivity index (χ2n) is 6.12. The first kappa shape index (κ1) is 17.9. The van der Waals surface area contributed by atoms with Crippen LogP contribution in [0.1, 0.15) is 27.0 Å². The highest BCUT2D eigenvalue weighted by Gasteiger charge is 2.23. The van der Waals surface area contributed by atoms with Gasteiger partial charge in [0.2, 0.25) is 0 Å². The van der Waals surface area contributed by atoms with Crippen LogP contribution in [0.3, 0.4) is 0 Å². The minimum absolute atomic E-state index is 0.00351. The predicted molar refractivity (Wildman–Crippen MR) is 98.1 cm³/mol. The Morgan fingerprint density at radius 1 is 0.885 bits per heavy atom. The fourth-order valence-corrected chi connectivity index (χ4v) is 3.93. The maximum absolute atomic E-state index is 12.8. The van der Waals surface area contributed by atoms with E-state index in [4.69, 9.17) is 0 Å². The van der Waals surface area contributed by atoms with E-state index in [1.165, 1.54) is 18.3 Å². The first-order valence-electron chi connectivity index (χ1n) is 7.96. The van der Waals surface area contributed by atoms with Crippen molar-refractivity contribution in [3.63, 3.8) is 0 Å². The SMILES string of the molecule is Cc1ccc(S(=O)(=O)n2ccn(C(=O)c3ccccc3C)c2=O)cc1C. The number of aryl methyl sites for hydroxylation is 3. The predicted octanol–water partition coefficient (Wildman–Crippen LogP) is 2.50. The van der Waals surface area contributed by atoms with Crippen LogP contribution < -0.4 is 5.69 Å². The van der Waals surface area contributed by atoms with Gasteiger partial charge in [-0.05, 0) is 55.7 Å². The molecule has 0 aliphatic carbocycles. The molecular weight excluding hydrogens is 352 g/mol. The summed E-state index contributed by atoms with van der Waals surface area (Å²) in [6.07, 6.45) is 2.28. The van der Waals surface area contributed by atoms with Crippen molar-refractivity contribution in [2.45, 2.75) is 25.7 Å². The average Bonchev–Trinajstić information content (AvgIpc) is 2.99. The van der Waals surface area contributed by atoms with Gasteiger partial charge in [-0.25, -0.2) is 17.8 Å². The number of carbonyl (C=O) groups excluding carboxylic acids is 1. The Morgan fingerprint density at radius 3 is 2.23 bits per heavy atom. The van der Waals surface area contributed by atoms with Crippen molar-refractivity contribution in [1.82, 2.24) is 8.54 Å². The molecule has 0 aliphatic rings. The summed E-state index contributed by atoms with van der Waals surface area (Å²) < 4.78 is 27.0. The van der Waals surface area contributed by atoms with Crippen LogP contribution in [0.15, 0.2) is 64.5 Å². The number of rotatable bonds is 3. The number of hydrogen-bond acceptors (Lipinski definition) is 4. The number of nitrogens with zero attached hydrogens (tertiary/aromatic N) is 2. The lowest BCUT2D eigenvalue weighted by molar-refractivity contribution is 0.0955. The zero-order valence-electron chi connectivity index (χ0n) is 14.6. The molecule has 0 atom stereocenters. The van der Waals surface area contributed by atoms with Crippen LogP contribution in [0.2, 0.25) is 0 Å². The summed E-state index contributed by atoms with van der Waals surface area (Å²) in [7, 11) is -4.08. The molecule has 3 aromatic rings. The molecule has 1 heterocycles. The summed E-state index contributed by atoms with van der Waals surface area (Å²) in [6.45, 7) is 5.42. The molecule has 1 aromatic heterocycles. The van der Waals surface area contributed by atoms with E-state index in [0.717, 1.165) is 21.9 Å². The fourth-order valence-electron chi connectivity index (χ4n) is 2.63. The highest BCUT2D eigenvalue weighted by atomic mass is 32.2. The van der Waals surface area contributed by atoms with E-state index in [-0.39, 0.29) is 4.90 Å². The molecule has 0 amide bonds. The number of aromatic nitrogens is 2. The first-order chi connectivity index (χ1) is 12.2. The lowest BCUT2D eigenvalue weighted by Crippen LogP contribution is -2.32. The summed E-state index contributed by atoms with van der Waals surface area (Å²) in [4.78, 5) is 25.2. The quantitative estimate of drug-likeness (QED) is 0.710. The van der Waals surface area contributed by atoms with E-state index in [9.17, 15) is 18.0 Å². The summed E-state index contributed by atoms with van der Waals surface area (Å²) >= 11 is 0. The number of hydrogen-bond donors (Lipinski definition) is 0. The lowest BCUT2D eigenvalue weighted by atomic mass is 10.1. The Balaban J connectivity index is 2.09. The molecule has 0 unspecified atom stereocenters. The summed E-state index contributed by atoms with van der Waals surface area (Å²) in [5, 5.41) is 0. The lowest BCUT2D eigenvalue weighted by Gasteiger charge is -2.07. The highest BCUT2D eigenvalue weighted by Crippen LogP contribution is 2.17. The normalized spacial score (nSPS) is 11.5. The van der Waals surface area contributed by atoms with Gasteiger partial charge in [0.1, 0.15) is 0 Å². The van der Waals surface area contributed by atoms with Crippen molar-refractivity contribution in [1.29, 1.82) is 0 Å². The molecule has 2 aromatic carbocycles. The van der Waals surface area contributed by atoms with Crippen molar-refractivity contribution in [2.75, 3.05) is 0 Å².